The Labute approximate surface area is 123 Å². The minimum atomic E-state index is -0.264. The van der Waals surface area contributed by atoms with E-state index < -0.39 is 0 Å². The molecule has 5 nitrogen and oxygen atoms in total. The Morgan fingerprint density at radius 3 is 2.10 bits per heavy atom. The van der Waals surface area contributed by atoms with Gasteiger partial charge in [-0.2, -0.15) is 0 Å². The SMILES string of the molecule is CCC(CC)C(=O)N(CCCN(C)C)CCC(=O)OC. The molecule has 0 N–H and O–H groups in total. The van der Waals surface area contributed by atoms with E-state index >= 15 is 0 Å². The van der Waals surface area contributed by atoms with Gasteiger partial charge in [-0.15, -0.1) is 0 Å². The molecule has 0 unspecified atom stereocenters. The maximum absolute atomic E-state index is 12.4. The maximum atomic E-state index is 12.4. The fourth-order valence-corrected chi connectivity index (χ4v) is 2.13. The van der Waals surface area contributed by atoms with Crippen molar-refractivity contribution in [2.24, 2.45) is 5.92 Å². The van der Waals surface area contributed by atoms with E-state index in [9.17, 15) is 9.59 Å². The van der Waals surface area contributed by atoms with Gasteiger partial charge in [-0.3, -0.25) is 9.59 Å². The molecule has 0 bridgehead atoms. The van der Waals surface area contributed by atoms with E-state index in [4.69, 9.17) is 0 Å². The topological polar surface area (TPSA) is 49.9 Å². The first-order chi connectivity index (χ1) is 9.46. The van der Waals surface area contributed by atoms with E-state index in [1.807, 2.05) is 32.8 Å². The van der Waals surface area contributed by atoms with Gasteiger partial charge in [0.1, 0.15) is 0 Å². The molecule has 0 aliphatic rings. The molecule has 0 atom stereocenters. The lowest BCUT2D eigenvalue weighted by molar-refractivity contribution is -0.142. The number of nitrogens with zero attached hydrogens (tertiary/aromatic N) is 2. The Balaban J connectivity index is 4.51. The van der Waals surface area contributed by atoms with E-state index in [0.717, 1.165) is 25.8 Å². The molecule has 5 heteroatoms. The first-order valence-corrected chi connectivity index (χ1v) is 7.46. The van der Waals surface area contributed by atoms with Crippen LogP contribution in [0.2, 0.25) is 0 Å². The van der Waals surface area contributed by atoms with Crippen molar-refractivity contribution in [1.29, 1.82) is 0 Å². The lowest BCUT2D eigenvalue weighted by Gasteiger charge is -2.26. The van der Waals surface area contributed by atoms with Crippen molar-refractivity contribution in [3.63, 3.8) is 0 Å². The van der Waals surface area contributed by atoms with E-state index in [1.165, 1.54) is 7.11 Å². The fourth-order valence-electron chi connectivity index (χ4n) is 2.13. The highest BCUT2D eigenvalue weighted by molar-refractivity contribution is 5.79. The van der Waals surface area contributed by atoms with Gasteiger partial charge < -0.3 is 14.5 Å². The number of ether oxygens (including phenoxy) is 1. The van der Waals surface area contributed by atoms with Crippen molar-refractivity contribution in [2.45, 2.75) is 39.5 Å². The first kappa shape index (κ1) is 18.9. The Kier molecular flexibility index (Phi) is 10.1. The van der Waals surface area contributed by atoms with Crippen LogP contribution in [0.1, 0.15) is 39.5 Å². The molecular weight excluding hydrogens is 256 g/mol. The van der Waals surface area contributed by atoms with Crippen LogP contribution in [-0.4, -0.2) is 62.5 Å². The van der Waals surface area contributed by atoms with Gasteiger partial charge in [0.2, 0.25) is 5.91 Å². The zero-order chi connectivity index (χ0) is 15.5. The second kappa shape index (κ2) is 10.7. The molecule has 0 rings (SSSR count). The molecule has 0 saturated heterocycles. The summed E-state index contributed by atoms with van der Waals surface area (Å²) in [6, 6.07) is 0. The summed E-state index contributed by atoms with van der Waals surface area (Å²) in [5, 5.41) is 0. The molecule has 20 heavy (non-hydrogen) atoms. The molecule has 0 radical (unpaired) electrons. The number of carbonyl (C=O) groups excluding carboxylic acids is 2. The Morgan fingerprint density at radius 1 is 1.05 bits per heavy atom. The molecule has 0 aromatic rings. The summed E-state index contributed by atoms with van der Waals surface area (Å²) in [6.07, 6.45) is 2.87. The van der Waals surface area contributed by atoms with Gasteiger partial charge in [0.25, 0.3) is 0 Å². The minimum Gasteiger partial charge on any atom is -0.469 e. The zero-order valence-corrected chi connectivity index (χ0v) is 13.6. The molecule has 0 aliphatic heterocycles. The van der Waals surface area contributed by atoms with Crippen molar-refractivity contribution in [3.05, 3.63) is 0 Å². The summed E-state index contributed by atoms with van der Waals surface area (Å²) in [6.45, 7) is 6.15. The first-order valence-electron chi connectivity index (χ1n) is 7.46. The maximum Gasteiger partial charge on any atom is 0.307 e. The van der Waals surface area contributed by atoms with Crippen LogP contribution in [0.25, 0.3) is 0 Å². The molecule has 0 spiro atoms. The average Bonchev–Trinajstić information content (AvgIpc) is 2.42. The monoisotopic (exact) mass is 286 g/mol. The Morgan fingerprint density at radius 2 is 1.65 bits per heavy atom. The number of esters is 1. The van der Waals surface area contributed by atoms with E-state index in [-0.39, 0.29) is 24.2 Å². The number of carbonyl (C=O) groups is 2. The lowest BCUT2D eigenvalue weighted by atomic mass is 10.0. The van der Waals surface area contributed by atoms with Crippen molar-refractivity contribution in [2.75, 3.05) is 40.8 Å². The van der Waals surface area contributed by atoms with E-state index in [1.54, 1.807) is 0 Å². The number of hydrogen-bond acceptors (Lipinski definition) is 4. The molecular formula is C15H30N2O3. The number of amides is 1. The van der Waals surface area contributed by atoms with Crippen LogP contribution in [0, 0.1) is 5.92 Å². The Bertz CT molecular complexity index is 289. The molecule has 0 heterocycles. The number of methoxy groups -OCH3 is 1. The van der Waals surface area contributed by atoms with Crippen molar-refractivity contribution in [1.82, 2.24) is 9.80 Å². The third-order valence-corrected chi connectivity index (χ3v) is 3.49. The van der Waals surface area contributed by atoms with Crippen LogP contribution in [-0.2, 0) is 14.3 Å². The Hall–Kier alpha value is -1.10. The standard InChI is InChI=1S/C15H30N2O3/c1-6-13(7-2)15(19)17(11-8-10-16(3)4)12-9-14(18)20-5/h13H,6-12H2,1-5H3. The predicted octanol–water partition coefficient (Wildman–Crippen LogP) is 1.77. The molecule has 0 aromatic heterocycles. The zero-order valence-electron chi connectivity index (χ0n) is 13.6. The molecule has 1 amide bonds. The summed E-state index contributed by atoms with van der Waals surface area (Å²) in [5.41, 5.74) is 0. The normalized spacial score (nSPS) is 10.9. The summed E-state index contributed by atoms with van der Waals surface area (Å²) >= 11 is 0. The van der Waals surface area contributed by atoms with Gasteiger partial charge >= 0.3 is 5.97 Å². The lowest BCUT2D eigenvalue weighted by Crippen LogP contribution is -2.39. The smallest absolute Gasteiger partial charge is 0.307 e. The van der Waals surface area contributed by atoms with Crippen molar-refractivity contribution >= 4 is 11.9 Å². The van der Waals surface area contributed by atoms with Gasteiger partial charge in [0.05, 0.1) is 13.5 Å². The van der Waals surface area contributed by atoms with E-state index in [2.05, 4.69) is 9.64 Å². The average molecular weight is 286 g/mol. The van der Waals surface area contributed by atoms with Crippen molar-refractivity contribution < 1.29 is 14.3 Å². The number of rotatable bonds is 10. The third-order valence-electron chi connectivity index (χ3n) is 3.49. The molecule has 0 aromatic carbocycles. The van der Waals surface area contributed by atoms with Crippen LogP contribution in [0.15, 0.2) is 0 Å². The van der Waals surface area contributed by atoms with E-state index in [0.29, 0.717) is 13.1 Å². The summed E-state index contributed by atoms with van der Waals surface area (Å²) < 4.78 is 4.65. The van der Waals surface area contributed by atoms with Crippen LogP contribution in [0.4, 0.5) is 0 Å². The van der Waals surface area contributed by atoms with Crippen LogP contribution >= 0.6 is 0 Å². The number of hydrogen-bond donors (Lipinski definition) is 0. The van der Waals surface area contributed by atoms with Gasteiger partial charge in [-0.05, 0) is 39.9 Å². The van der Waals surface area contributed by atoms with Gasteiger partial charge in [0, 0.05) is 19.0 Å². The van der Waals surface area contributed by atoms with Crippen LogP contribution < -0.4 is 0 Å². The summed E-state index contributed by atoms with van der Waals surface area (Å²) in [4.78, 5) is 27.6. The third kappa shape index (κ3) is 7.48. The highest BCUT2D eigenvalue weighted by Crippen LogP contribution is 2.13. The highest BCUT2D eigenvalue weighted by Gasteiger charge is 2.21. The molecule has 0 fully saturated rings. The highest BCUT2D eigenvalue weighted by atomic mass is 16.5. The van der Waals surface area contributed by atoms with Crippen LogP contribution in [0.5, 0.6) is 0 Å². The van der Waals surface area contributed by atoms with Gasteiger partial charge in [-0.1, -0.05) is 13.8 Å². The van der Waals surface area contributed by atoms with Crippen molar-refractivity contribution in [3.8, 4) is 0 Å². The second-order valence-corrected chi connectivity index (χ2v) is 5.32. The summed E-state index contributed by atoms with van der Waals surface area (Å²) in [5.74, 6) is -0.0374. The van der Waals surface area contributed by atoms with Gasteiger partial charge in [0.15, 0.2) is 0 Å². The summed E-state index contributed by atoms with van der Waals surface area (Å²) in [7, 11) is 5.41. The largest absolute Gasteiger partial charge is 0.469 e. The molecule has 118 valence electrons. The minimum absolute atomic E-state index is 0.0620. The predicted molar refractivity (Wildman–Crippen MR) is 80.5 cm³/mol. The fraction of sp³-hybridized carbons (Fsp3) is 0.867. The molecule has 0 saturated carbocycles. The molecule has 0 aliphatic carbocycles. The van der Waals surface area contributed by atoms with Crippen LogP contribution in [0.3, 0.4) is 0 Å². The quantitative estimate of drug-likeness (QED) is 0.574. The second-order valence-electron chi connectivity index (χ2n) is 5.32. The van der Waals surface area contributed by atoms with Gasteiger partial charge in [-0.25, -0.2) is 0 Å².